The highest BCUT2D eigenvalue weighted by Crippen LogP contribution is 2.34. The molecule has 2 heterocycles. The van der Waals surface area contributed by atoms with Crippen LogP contribution in [0.25, 0.3) is 11.0 Å². The van der Waals surface area contributed by atoms with Crippen molar-refractivity contribution < 1.29 is 9.72 Å². The number of fused-ring (bicyclic) bond motifs is 1. The fourth-order valence-electron chi connectivity index (χ4n) is 3.37. The van der Waals surface area contributed by atoms with Crippen LogP contribution in [0.2, 0.25) is 5.02 Å². The first-order valence-electron chi connectivity index (χ1n) is 8.24. The number of rotatable bonds is 3. The number of imidazole rings is 1. The maximum absolute atomic E-state index is 13.0. The number of amides is 1. The van der Waals surface area contributed by atoms with E-state index in [4.69, 9.17) is 11.6 Å². The number of non-ortho nitro benzene ring substituents is 1. The maximum Gasteiger partial charge on any atom is 0.270 e. The van der Waals surface area contributed by atoms with Gasteiger partial charge in [0.1, 0.15) is 5.82 Å². The number of nitro groups is 1. The van der Waals surface area contributed by atoms with E-state index in [9.17, 15) is 14.9 Å². The lowest BCUT2D eigenvalue weighted by atomic mass is 10.1. The van der Waals surface area contributed by atoms with E-state index in [2.05, 4.69) is 9.97 Å². The molecule has 1 aliphatic heterocycles. The Morgan fingerprint density at radius 3 is 2.85 bits per heavy atom. The minimum Gasteiger partial charge on any atom is -0.340 e. The standard InChI is InChI=1S/C18H15ClN4O3/c19-13-10-11(23(25)26)7-8-12(13)18(24)22-9-3-6-16(22)17-20-14-4-1-2-5-15(14)21-17/h1-2,4-5,7-8,10,16H,3,6,9H2,(H,20,21)/t16-/m0/s1. The van der Waals surface area contributed by atoms with E-state index in [0.717, 1.165) is 29.7 Å². The molecule has 0 spiro atoms. The highest BCUT2D eigenvalue weighted by atomic mass is 35.5. The van der Waals surface area contributed by atoms with E-state index < -0.39 is 4.92 Å². The zero-order chi connectivity index (χ0) is 18.3. The van der Waals surface area contributed by atoms with Crippen LogP contribution in [0.4, 0.5) is 5.69 Å². The number of nitrogens with one attached hydrogen (secondary N) is 1. The number of aromatic amines is 1. The monoisotopic (exact) mass is 370 g/mol. The van der Waals surface area contributed by atoms with E-state index in [-0.39, 0.29) is 28.2 Å². The Balaban J connectivity index is 1.65. The molecule has 26 heavy (non-hydrogen) atoms. The summed E-state index contributed by atoms with van der Waals surface area (Å²) in [5.74, 6) is 0.503. The van der Waals surface area contributed by atoms with Crippen molar-refractivity contribution in [1.82, 2.24) is 14.9 Å². The number of carbonyl (C=O) groups is 1. The van der Waals surface area contributed by atoms with Gasteiger partial charge in [0.25, 0.3) is 11.6 Å². The summed E-state index contributed by atoms with van der Waals surface area (Å²) in [5, 5.41) is 10.9. The number of H-pyrrole nitrogens is 1. The minimum atomic E-state index is -0.535. The second kappa shape index (κ2) is 6.42. The Hall–Kier alpha value is -2.93. The molecule has 1 aliphatic rings. The number of halogens is 1. The van der Waals surface area contributed by atoms with E-state index in [0.29, 0.717) is 6.54 Å². The third kappa shape index (κ3) is 2.80. The number of nitrogens with zero attached hydrogens (tertiary/aromatic N) is 3. The average molecular weight is 371 g/mol. The number of carbonyl (C=O) groups excluding carboxylic acids is 1. The van der Waals surface area contributed by atoms with E-state index in [1.165, 1.54) is 18.2 Å². The SMILES string of the molecule is O=C(c1ccc([N+](=O)[O-])cc1Cl)N1CCC[C@H]1c1nc2ccccc2[nH]1. The molecule has 0 saturated carbocycles. The van der Waals surface area contributed by atoms with Gasteiger partial charge in [-0.15, -0.1) is 0 Å². The molecule has 132 valence electrons. The smallest absolute Gasteiger partial charge is 0.270 e. The van der Waals surface area contributed by atoms with Crippen LogP contribution in [0.5, 0.6) is 0 Å². The van der Waals surface area contributed by atoms with E-state index in [1.54, 1.807) is 4.90 Å². The number of hydrogen-bond acceptors (Lipinski definition) is 4. The van der Waals surface area contributed by atoms with Gasteiger partial charge in [-0.25, -0.2) is 4.98 Å². The van der Waals surface area contributed by atoms with Crippen LogP contribution in [0.3, 0.4) is 0 Å². The van der Waals surface area contributed by atoms with Crippen molar-refractivity contribution in [3.05, 3.63) is 69.0 Å². The Kier molecular flexibility index (Phi) is 4.08. The number of para-hydroxylation sites is 2. The first kappa shape index (κ1) is 16.5. The van der Waals surface area contributed by atoms with Gasteiger partial charge in [0.05, 0.1) is 32.6 Å². The molecular weight excluding hydrogens is 356 g/mol. The van der Waals surface area contributed by atoms with Crippen LogP contribution in [0.1, 0.15) is 35.1 Å². The molecule has 0 unspecified atom stereocenters. The second-order valence-corrected chi connectivity index (χ2v) is 6.62. The molecule has 1 atom stereocenters. The summed E-state index contributed by atoms with van der Waals surface area (Å²) >= 11 is 6.13. The van der Waals surface area contributed by atoms with Gasteiger partial charge >= 0.3 is 0 Å². The van der Waals surface area contributed by atoms with Crippen molar-refractivity contribution in [2.24, 2.45) is 0 Å². The Morgan fingerprint density at radius 2 is 2.12 bits per heavy atom. The molecule has 2 aromatic carbocycles. The van der Waals surface area contributed by atoms with Gasteiger partial charge in [0, 0.05) is 18.7 Å². The van der Waals surface area contributed by atoms with Gasteiger partial charge in [-0.2, -0.15) is 0 Å². The van der Waals surface area contributed by atoms with Crippen LogP contribution in [-0.4, -0.2) is 32.2 Å². The van der Waals surface area contributed by atoms with Crippen molar-refractivity contribution in [2.45, 2.75) is 18.9 Å². The van der Waals surface area contributed by atoms with Crippen LogP contribution in [0.15, 0.2) is 42.5 Å². The topological polar surface area (TPSA) is 92.1 Å². The average Bonchev–Trinajstić information content (AvgIpc) is 3.27. The van der Waals surface area contributed by atoms with Gasteiger partial charge in [-0.3, -0.25) is 14.9 Å². The lowest BCUT2D eigenvalue weighted by Gasteiger charge is -2.23. The van der Waals surface area contributed by atoms with Crippen molar-refractivity contribution in [2.75, 3.05) is 6.54 Å². The van der Waals surface area contributed by atoms with Crippen LogP contribution in [-0.2, 0) is 0 Å². The van der Waals surface area contributed by atoms with Gasteiger partial charge < -0.3 is 9.88 Å². The Bertz CT molecular complexity index is 984. The third-order valence-corrected chi connectivity index (χ3v) is 4.94. The van der Waals surface area contributed by atoms with Crippen LogP contribution >= 0.6 is 11.6 Å². The zero-order valence-electron chi connectivity index (χ0n) is 13.7. The van der Waals surface area contributed by atoms with Crippen LogP contribution < -0.4 is 0 Å². The molecule has 7 nitrogen and oxygen atoms in total. The lowest BCUT2D eigenvalue weighted by molar-refractivity contribution is -0.384. The lowest BCUT2D eigenvalue weighted by Crippen LogP contribution is -2.31. The molecule has 1 fully saturated rings. The molecule has 1 amide bonds. The highest BCUT2D eigenvalue weighted by Gasteiger charge is 2.33. The van der Waals surface area contributed by atoms with Gasteiger partial charge in [-0.1, -0.05) is 23.7 Å². The summed E-state index contributed by atoms with van der Waals surface area (Å²) in [6.45, 7) is 0.591. The molecule has 0 bridgehead atoms. The van der Waals surface area contributed by atoms with E-state index in [1.807, 2.05) is 24.3 Å². The number of likely N-dealkylation sites (tertiary alicyclic amines) is 1. The molecule has 1 N–H and O–H groups in total. The summed E-state index contributed by atoms with van der Waals surface area (Å²) in [5.41, 5.74) is 1.91. The largest absolute Gasteiger partial charge is 0.340 e. The summed E-state index contributed by atoms with van der Waals surface area (Å²) in [4.78, 5) is 32.9. The fourth-order valence-corrected chi connectivity index (χ4v) is 3.63. The van der Waals surface area contributed by atoms with E-state index >= 15 is 0 Å². The number of benzene rings is 2. The van der Waals surface area contributed by atoms with Crippen molar-refractivity contribution >= 4 is 34.2 Å². The van der Waals surface area contributed by atoms with Gasteiger partial charge in [-0.05, 0) is 31.0 Å². The molecule has 4 rings (SSSR count). The molecule has 0 aliphatic carbocycles. The first-order chi connectivity index (χ1) is 12.5. The maximum atomic E-state index is 13.0. The Morgan fingerprint density at radius 1 is 1.31 bits per heavy atom. The fraction of sp³-hybridized carbons (Fsp3) is 0.222. The van der Waals surface area contributed by atoms with Gasteiger partial charge in [0.15, 0.2) is 0 Å². The number of hydrogen-bond donors (Lipinski definition) is 1. The quantitative estimate of drug-likeness (QED) is 0.554. The first-order valence-corrected chi connectivity index (χ1v) is 8.62. The second-order valence-electron chi connectivity index (χ2n) is 6.22. The summed E-state index contributed by atoms with van der Waals surface area (Å²) in [7, 11) is 0. The predicted octanol–water partition coefficient (Wildman–Crippen LogP) is 4.10. The summed E-state index contributed by atoms with van der Waals surface area (Å²) < 4.78 is 0. The Labute approximate surface area is 153 Å². The molecule has 1 saturated heterocycles. The predicted molar refractivity (Wildman–Crippen MR) is 97.2 cm³/mol. The molecule has 3 aromatic rings. The minimum absolute atomic E-state index is 0.0828. The molecular formula is C18H15ClN4O3. The zero-order valence-corrected chi connectivity index (χ0v) is 14.4. The van der Waals surface area contributed by atoms with Crippen molar-refractivity contribution in [3.8, 4) is 0 Å². The van der Waals surface area contributed by atoms with Gasteiger partial charge in [0.2, 0.25) is 0 Å². The van der Waals surface area contributed by atoms with Crippen LogP contribution in [0, 0.1) is 10.1 Å². The normalized spacial score (nSPS) is 17.0. The molecule has 1 aromatic heterocycles. The van der Waals surface area contributed by atoms with Crippen molar-refractivity contribution in [3.63, 3.8) is 0 Å². The number of aromatic nitrogens is 2. The molecule has 0 radical (unpaired) electrons. The van der Waals surface area contributed by atoms with Crippen molar-refractivity contribution in [1.29, 1.82) is 0 Å². The summed E-state index contributed by atoms with van der Waals surface area (Å²) in [6, 6.07) is 11.5. The third-order valence-electron chi connectivity index (χ3n) is 4.63. The molecule has 8 heteroatoms. The summed E-state index contributed by atoms with van der Waals surface area (Å²) in [6.07, 6.45) is 1.66. The number of nitro benzene ring substituents is 1. The highest BCUT2D eigenvalue weighted by molar-refractivity contribution is 6.34.